The highest BCUT2D eigenvalue weighted by atomic mass is 14.9. The average Bonchev–Trinajstić information content (AvgIpc) is 2.39. The number of fused-ring (bicyclic) bond motifs is 1. The van der Waals surface area contributed by atoms with Crippen LogP contribution in [0.5, 0.6) is 0 Å². The number of hydrogen-bond donors (Lipinski definition) is 1. The van der Waals surface area contributed by atoms with Crippen LogP contribution in [-0.2, 0) is 6.42 Å². The lowest BCUT2D eigenvalue weighted by molar-refractivity contribution is 1.10. The van der Waals surface area contributed by atoms with Crippen LogP contribution in [0.3, 0.4) is 0 Å². The van der Waals surface area contributed by atoms with Crippen LogP contribution in [0.15, 0.2) is 36.6 Å². The molecule has 1 aromatic heterocycles. The van der Waals surface area contributed by atoms with Gasteiger partial charge in [-0.3, -0.25) is 0 Å². The van der Waals surface area contributed by atoms with Crippen molar-refractivity contribution in [2.75, 3.05) is 5.73 Å². The van der Waals surface area contributed by atoms with Crippen LogP contribution in [0.2, 0.25) is 0 Å². The highest BCUT2D eigenvalue weighted by Gasteiger charge is 2.03. The van der Waals surface area contributed by atoms with Crippen molar-refractivity contribution in [3.63, 3.8) is 0 Å². The van der Waals surface area contributed by atoms with E-state index in [4.69, 9.17) is 5.73 Å². The van der Waals surface area contributed by atoms with Crippen molar-refractivity contribution in [2.24, 2.45) is 0 Å². The number of nitrogens with zero attached hydrogens (tertiary/aromatic N) is 2. The second-order valence-electron chi connectivity index (χ2n) is 3.62. The topological polar surface area (TPSA) is 51.8 Å². The minimum absolute atomic E-state index is 0.534. The molecule has 2 N–H and O–H groups in total. The Morgan fingerprint density at radius 3 is 2.72 bits per heavy atom. The van der Waals surface area contributed by atoms with Crippen LogP contribution in [0.4, 0.5) is 5.82 Å². The fourth-order valence-electron chi connectivity index (χ4n) is 1.64. The van der Waals surface area contributed by atoms with Crippen LogP contribution in [0.1, 0.15) is 25.2 Å². The largest absolute Gasteiger partial charge is 0.383 e. The Labute approximate surface area is 108 Å². The van der Waals surface area contributed by atoms with E-state index in [0.29, 0.717) is 11.6 Å². The minimum Gasteiger partial charge on any atom is -0.383 e. The summed E-state index contributed by atoms with van der Waals surface area (Å²) in [6, 6.07) is 6.01. The molecule has 0 fully saturated rings. The molecule has 2 rings (SSSR count). The lowest BCUT2D eigenvalue weighted by Crippen LogP contribution is -1.97. The Morgan fingerprint density at radius 1 is 1.33 bits per heavy atom. The SMILES string of the molecule is C=C=CCc1ccc2nc(C)nc(N)c2c1.CC. The molecule has 0 saturated heterocycles. The fourth-order valence-corrected chi connectivity index (χ4v) is 1.64. The van der Waals surface area contributed by atoms with Gasteiger partial charge in [0.15, 0.2) is 0 Å². The first-order valence-electron chi connectivity index (χ1n) is 6.08. The Balaban J connectivity index is 0.000000771. The Morgan fingerprint density at radius 2 is 2.06 bits per heavy atom. The van der Waals surface area contributed by atoms with Gasteiger partial charge in [0.05, 0.1) is 5.52 Å². The number of benzene rings is 1. The molecule has 1 heterocycles. The third-order valence-corrected chi connectivity index (χ3v) is 2.38. The van der Waals surface area contributed by atoms with E-state index in [9.17, 15) is 0 Å². The molecule has 0 amide bonds. The van der Waals surface area contributed by atoms with Crippen molar-refractivity contribution in [2.45, 2.75) is 27.2 Å². The van der Waals surface area contributed by atoms with Gasteiger partial charge in [-0.25, -0.2) is 9.97 Å². The standard InChI is InChI=1S/C13H13N3.C2H6/c1-3-4-5-10-6-7-12-11(8-10)13(14)16-9(2)15-12;1-2/h4,6-8H,1,5H2,2H3,(H2,14,15,16);1-2H3. The van der Waals surface area contributed by atoms with Crippen LogP contribution in [-0.4, -0.2) is 9.97 Å². The fraction of sp³-hybridized carbons (Fsp3) is 0.267. The van der Waals surface area contributed by atoms with Gasteiger partial charge in [0.1, 0.15) is 11.6 Å². The molecule has 94 valence electrons. The Hall–Kier alpha value is -2.12. The highest BCUT2D eigenvalue weighted by molar-refractivity contribution is 5.88. The van der Waals surface area contributed by atoms with Gasteiger partial charge < -0.3 is 5.73 Å². The zero-order valence-corrected chi connectivity index (χ0v) is 11.2. The maximum atomic E-state index is 5.87. The smallest absolute Gasteiger partial charge is 0.135 e. The summed E-state index contributed by atoms with van der Waals surface area (Å²) in [4.78, 5) is 8.48. The molecule has 0 unspecified atom stereocenters. The van der Waals surface area contributed by atoms with Gasteiger partial charge in [0.2, 0.25) is 0 Å². The zero-order valence-electron chi connectivity index (χ0n) is 11.2. The Kier molecular flexibility index (Phi) is 5.09. The number of allylic oxidation sites excluding steroid dienone is 1. The molecule has 2 aromatic rings. The summed E-state index contributed by atoms with van der Waals surface area (Å²) < 4.78 is 0. The summed E-state index contributed by atoms with van der Waals surface area (Å²) >= 11 is 0. The number of aromatic nitrogens is 2. The molecule has 3 heteroatoms. The molecule has 1 aromatic carbocycles. The number of rotatable bonds is 2. The first-order valence-corrected chi connectivity index (χ1v) is 6.08. The van der Waals surface area contributed by atoms with Crippen molar-refractivity contribution in [1.82, 2.24) is 9.97 Å². The molecule has 0 bridgehead atoms. The van der Waals surface area contributed by atoms with Gasteiger partial charge in [-0.1, -0.05) is 26.5 Å². The molecule has 0 saturated carbocycles. The van der Waals surface area contributed by atoms with Gasteiger partial charge in [-0.2, -0.15) is 0 Å². The normalized spacial score (nSPS) is 9.28. The monoisotopic (exact) mass is 241 g/mol. The van der Waals surface area contributed by atoms with E-state index < -0.39 is 0 Å². The number of hydrogen-bond acceptors (Lipinski definition) is 3. The predicted octanol–water partition coefficient (Wildman–Crippen LogP) is 3.43. The van der Waals surface area contributed by atoms with Crippen LogP contribution < -0.4 is 5.73 Å². The summed E-state index contributed by atoms with van der Waals surface area (Å²) in [7, 11) is 0. The molecular weight excluding hydrogens is 222 g/mol. The molecule has 18 heavy (non-hydrogen) atoms. The van der Waals surface area contributed by atoms with E-state index >= 15 is 0 Å². The molecule has 0 aliphatic heterocycles. The van der Waals surface area contributed by atoms with Crippen LogP contribution in [0, 0.1) is 6.92 Å². The highest BCUT2D eigenvalue weighted by Crippen LogP contribution is 2.19. The average molecular weight is 241 g/mol. The summed E-state index contributed by atoms with van der Waals surface area (Å²) in [5.74, 6) is 1.23. The van der Waals surface area contributed by atoms with E-state index in [1.165, 1.54) is 0 Å². The van der Waals surface area contributed by atoms with Gasteiger partial charge in [-0.15, -0.1) is 5.73 Å². The lowest BCUT2D eigenvalue weighted by Gasteiger charge is -2.04. The third kappa shape index (κ3) is 3.19. The van der Waals surface area contributed by atoms with E-state index in [-0.39, 0.29) is 0 Å². The molecule has 0 radical (unpaired) electrons. The second kappa shape index (κ2) is 6.58. The van der Waals surface area contributed by atoms with E-state index in [1.54, 1.807) is 0 Å². The molecule has 0 atom stereocenters. The summed E-state index contributed by atoms with van der Waals surface area (Å²) in [6.45, 7) is 9.37. The van der Waals surface area contributed by atoms with Gasteiger partial charge in [0, 0.05) is 5.39 Å². The Bertz CT molecular complexity index is 582. The van der Waals surface area contributed by atoms with Gasteiger partial charge in [0.25, 0.3) is 0 Å². The minimum atomic E-state index is 0.534. The van der Waals surface area contributed by atoms with Crippen molar-refractivity contribution >= 4 is 16.7 Å². The van der Waals surface area contributed by atoms with Crippen molar-refractivity contribution in [3.05, 3.63) is 48.0 Å². The van der Waals surface area contributed by atoms with E-state index in [1.807, 2.05) is 45.0 Å². The van der Waals surface area contributed by atoms with E-state index in [0.717, 1.165) is 22.9 Å². The molecule has 3 nitrogen and oxygen atoms in total. The van der Waals surface area contributed by atoms with Gasteiger partial charge >= 0.3 is 0 Å². The predicted molar refractivity (Wildman–Crippen MR) is 77.4 cm³/mol. The third-order valence-electron chi connectivity index (χ3n) is 2.38. The number of nitrogen functional groups attached to an aromatic ring is 1. The molecule has 0 aliphatic carbocycles. The molecule has 0 aliphatic rings. The number of aryl methyl sites for hydroxylation is 1. The summed E-state index contributed by atoms with van der Waals surface area (Å²) in [6.07, 6.45) is 2.68. The lowest BCUT2D eigenvalue weighted by atomic mass is 10.1. The zero-order chi connectivity index (χ0) is 13.5. The number of nitrogens with two attached hydrogens (primary N) is 1. The van der Waals surface area contributed by atoms with Crippen molar-refractivity contribution in [3.8, 4) is 0 Å². The maximum absolute atomic E-state index is 5.87. The maximum Gasteiger partial charge on any atom is 0.135 e. The number of anilines is 1. The van der Waals surface area contributed by atoms with E-state index in [2.05, 4.69) is 22.3 Å². The first-order chi connectivity index (χ1) is 8.70. The second-order valence-corrected chi connectivity index (χ2v) is 3.62. The quantitative estimate of drug-likeness (QED) is 0.819. The van der Waals surface area contributed by atoms with Crippen LogP contribution >= 0.6 is 0 Å². The van der Waals surface area contributed by atoms with Gasteiger partial charge in [-0.05, 0) is 37.1 Å². The first kappa shape index (κ1) is 13.9. The van der Waals surface area contributed by atoms with Crippen molar-refractivity contribution < 1.29 is 0 Å². The van der Waals surface area contributed by atoms with Crippen molar-refractivity contribution in [1.29, 1.82) is 0 Å². The summed E-state index contributed by atoms with van der Waals surface area (Å²) in [5.41, 5.74) is 10.7. The summed E-state index contributed by atoms with van der Waals surface area (Å²) in [5, 5.41) is 0.903. The van der Waals surface area contributed by atoms with Crippen LogP contribution in [0.25, 0.3) is 10.9 Å². The molecular formula is C15H19N3. The molecule has 0 spiro atoms.